The lowest BCUT2D eigenvalue weighted by molar-refractivity contribution is -0.118. The Balaban J connectivity index is 1.08. The first kappa shape index (κ1) is 19.2. The Hall–Kier alpha value is -2.79. The molecule has 0 radical (unpaired) electrons. The molecular formula is C25H30N4O. The molecule has 156 valence electrons. The Morgan fingerprint density at radius 3 is 2.60 bits per heavy atom. The second-order valence-electron chi connectivity index (χ2n) is 8.46. The maximum absolute atomic E-state index is 12.4. The lowest BCUT2D eigenvalue weighted by Gasteiger charge is -2.36. The zero-order chi connectivity index (χ0) is 20.3. The van der Waals surface area contributed by atoms with Gasteiger partial charge in [0.25, 0.3) is 0 Å². The highest BCUT2D eigenvalue weighted by atomic mass is 16.2. The van der Waals surface area contributed by atoms with Gasteiger partial charge in [-0.1, -0.05) is 18.2 Å². The van der Waals surface area contributed by atoms with E-state index in [1.54, 1.807) is 0 Å². The Bertz CT molecular complexity index is 1020. The number of amides is 1. The number of hydrogen-bond acceptors (Lipinski definition) is 3. The number of benzene rings is 2. The molecule has 1 fully saturated rings. The number of carbonyl (C=O) groups is 1. The van der Waals surface area contributed by atoms with Gasteiger partial charge in [0.1, 0.15) is 0 Å². The summed E-state index contributed by atoms with van der Waals surface area (Å²) in [5.74, 6) is 0.279. The van der Waals surface area contributed by atoms with Gasteiger partial charge in [-0.2, -0.15) is 0 Å². The number of rotatable bonds is 6. The van der Waals surface area contributed by atoms with Crippen LogP contribution in [0, 0.1) is 0 Å². The first-order chi connectivity index (χ1) is 14.8. The maximum Gasteiger partial charge on any atom is 0.227 e. The van der Waals surface area contributed by atoms with E-state index in [9.17, 15) is 4.79 Å². The van der Waals surface area contributed by atoms with E-state index in [0.29, 0.717) is 6.42 Å². The molecule has 0 saturated carbocycles. The molecule has 2 aliphatic rings. The highest BCUT2D eigenvalue weighted by Crippen LogP contribution is 2.28. The van der Waals surface area contributed by atoms with Crippen molar-refractivity contribution in [2.75, 3.05) is 49.1 Å². The number of carbonyl (C=O) groups excluding carboxylic acids is 1. The summed E-state index contributed by atoms with van der Waals surface area (Å²) in [4.78, 5) is 22.7. The fourth-order valence-corrected chi connectivity index (χ4v) is 4.81. The van der Waals surface area contributed by atoms with E-state index >= 15 is 0 Å². The number of nitrogens with one attached hydrogen (secondary N) is 1. The summed E-state index contributed by atoms with van der Waals surface area (Å²) in [5, 5.41) is 1.28. The van der Waals surface area contributed by atoms with Crippen molar-refractivity contribution >= 4 is 28.2 Å². The molecule has 5 rings (SSSR count). The number of anilines is 2. The molecule has 2 aromatic carbocycles. The molecule has 0 spiro atoms. The minimum atomic E-state index is 0.279. The van der Waals surface area contributed by atoms with Crippen LogP contribution in [0.2, 0.25) is 0 Å². The van der Waals surface area contributed by atoms with Crippen molar-refractivity contribution in [2.24, 2.45) is 0 Å². The number of H-pyrrole nitrogens is 1. The lowest BCUT2D eigenvalue weighted by Crippen LogP contribution is -2.46. The van der Waals surface area contributed by atoms with Crippen LogP contribution in [-0.4, -0.2) is 55.1 Å². The molecule has 1 N–H and O–H groups in total. The van der Waals surface area contributed by atoms with Crippen LogP contribution >= 0.6 is 0 Å². The monoisotopic (exact) mass is 402 g/mol. The summed E-state index contributed by atoms with van der Waals surface area (Å²) in [7, 11) is 0. The van der Waals surface area contributed by atoms with Crippen molar-refractivity contribution in [1.29, 1.82) is 0 Å². The van der Waals surface area contributed by atoms with Crippen molar-refractivity contribution in [1.82, 2.24) is 9.88 Å². The standard InChI is InChI=1S/C25H30N4O/c30-25-10-7-20-5-1-2-6-24(20)29(25)14-4-3-13-27-15-17-28(18-16-27)22-8-9-23-21(19-22)11-12-26-23/h1-2,5-6,8-9,11-12,19,26H,3-4,7,10,13-18H2. The Labute approximate surface area is 178 Å². The third-order valence-electron chi connectivity index (χ3n) is 6.57. The fourth-order valence-electron chi connectivity index (χ4n) is 4.81. The van der Waals surface area contributed by atoms with Gasteiger partial charge in [0.05, 0.1) is 0 Å². The van der Waals surface area contributed by atoms with E-state index in [2.05, 4.69) is 57.2 Å². The average molecular weight is 403 g/mol. The van der Waals surface area contributed by atoms with E-state index in [1.807, 2.05) is 17.2 Å². The Kier molecular flexibility index (Phi) is 5.45. The van der Waals surface area contributed by atoms with Crippen LogP contribution in [0.15, 0.2) is 54.7 Å². The first-order valence-corrected chi connectivity index (χ1v) is 11.2. The zero-order valence-corrected chi connectivity index (χ0v) is 17.5. The average Bonchev–Trinajstić information content (AvgIpc) is 3.26. The third kappa shape index (κ3) is 3.94. The second kappa shape index (κ2) is 8.52. The Morgan fingerprint density at radius 2 is 1.70 bits per heavy atom. The molecule has 0 bridgehead atoms. The van der Waals surface area contributed by atoms with Crippen LogP contribution in [0.1, 0.15) is 24.8 Å². The van der Waals surface area contributed by atoms with Gasteiger partial charge in [-0.15, -0.1) is 0 Å². The number of unbranched alkanes of at least 4 members (excludes halogenated alkanes) is 1. The van der Waals surface area contributed by atoms with Gasteiger partial charge in [0.15, 0.2) is 0 Å². The molecule has 1 saturated heterocycles. The molecule has 3 aromatic rings. The molecule has 0 atom stereocenters. The van der Waals surface area contributed by atoms with E-state index in [0.717, 1.165) is 64.2 Å². The zero-order valence-electron chi connectivity index (χ0n) is 17.5. The molecular weight excluding hydrogens is 372 g/mol. The van der Waals surface area contributed by atoms with Gasteiger partial charge in [-0.05, 0) is 61.7 Å². The van der Waals surface area contributed by atoms with E-state index in [1.165, 1.54) is 22.2 Å². The van der Waals surface area contributed by atoms with Crippen LogP contribution in [0.5, 0.6) is 0 Å². The number of piperazine rings is 1. The molecule has 5 heteroatoms. The van der Waals surface area contributed by atoms with E-state index in [-0.39, 0.29) is 5.91 Å². The fraction of sp³-hybridized carbons (Fsp3) is 0.400. The SMILES string of the molecule is O=C1CCc2ccccc2N1CCCCN1CCN(c2ccc3[nH]ccc3c2)CC1. The van der Waals surface area contributed by atoms with Gasteiger partial charge < -0.3 is 14.8 Å². The quantitative estimate of drug-likeness (QED) is 0.633. The summed E-state index contributed by atoms with van der Waals surface area (Å²) in [5.41, 5.74) is 4.96. The molecule has 2 aliphatic heterocycles. The molecule has 1 aromatic heterocycles. The molecule has 0 unspecified atom stereocenters. The highest BCUT2D eigenvalue weighted by molar-refractivity contribution is 5.96. The number of aromatic nitrogens is 1. The molecule has 0 aliphatic carbocycles. The van der Waals surface area contributed by atoms with Crippen molar-refractivity contribution in [3.8, 4) is 0 Å². The Morgan fingerprint density at radius 1 is 0.867 bits per heavy atom. The van der Waals surface area contributed by atoms with Crippen molar-refractivity contribution < 1.29 is 4.79 Å². The van der Waals surface area contributed by atoms with Crippen molar-refractivity contribution in [3.05, 3.63) is 60.3 Å². The lowest BCUT2D eigenvalue weighted by atomic mass is 10.0. The number of hydrogen-bond donors (Lipinski definition) is 1. The number of para-hydroxylation sites is 1. The third-order valence-corrected chi connectivity index (χ3v) is 6.57. The van der Waals surface area contributed by atoms with Crippen LogP contribution in [0.4, 0.5) is 11.4 Å². The number of fused-ring (bicyclic) bond motifs is 2. The summed E-state index contributed by atoms with van der Waals surface area (Å²) >= 11 is 0. The maximum atomic E-state index is 12.4. The summed E-state index contributed by atoms with van der Waals surface area (Å²) in [6, 6.07) is 17.2. The molecule has 1 amide bonds. The van der Waals surface area contributed by atoms with Crippen LogP contribution in [0.3, 0.4) is 0 Å². The smallest absolute Gasteiger partial charge is 0.227 e. The predicted octanol–water partition coefficient (Wildman–Crippen LogP) is 4.05. The van der Waals surface area contributed by atoms with Crippen molar-refractivity contribution in [2.45, 2.75) is 25.7 Å². The van der Waals surface area contributed by atoms with Gasteiger partial charge in [0, 0.05) is 67.6 Å². The summed E-state index contributed by atoms with van der Waals surface area (Å²) in [6.07, 6.45) is 5.73. The van der Waals surface area contributed by atoms with Gasteiger partial charge in [-0.3, -0.25) is 9.69 Å². The van der Waals surface area contributed by atoms with E-state index in [4.69, 9.17) is 0 Å². The van der Waals surface area contributed by atoms with Gasteiger partial charge in [-0.25, -0.2) is 0 Å². The topological polar surface area (TPSA) is 42.6 Å². The number of aryl methyl sites for hydroxylation is 1. The minimum Gasteiger partial charge on any atom is -0.369 e. The van der Waals surface area contributed by atoms with Crippen LogP contribution in [0.25, 0.3) is 10.9 Å². The largest absolute Gasteiger partial charge is 0.369 e. The predicted molar refractivity (Wildman–Crippen MR) is 123 cm³/mol. The van der Waals surface area contributed by atoms with Gasteiger partial charge >= 0.3 is 0 Å². The summed E-state index contributed by atoms with van der Waals surface area (Å²) in [6.45, 7) is 6.33. The molecule has 3 heterocycles. The number of aromatic amines is 1. The normalized spacial score (nSPS) is 17.5. The summed E-state index contributed by atoms with van der Waals surface area (Å²) < 4.78 is 0. The highest BCUT2D eigenvalue weighted by Gasteiger charge is 2.23. The second-order valence-corrected chi connectivity index (χ2v) is 8.46. The molecule has 30 heavy (non-hydrogen) atoms. The number of nitrogens with zero attached hydrogens (tertiary/aromatic N) is 3. The van der Waals surface area contributed by atoms with Crippen LogP contribution in [-0.2, 0) is 11.2 Å². The first-order valence-electron chi connectivity index (χ1n) is 11.2. The van der Waals surface area contributed by atoms with Crippen molar-refractivity contribution in [3.63, 3.8) is 0 Å². The van der Waals surface area contributed by atoms with Gasteiger partial charge in [0.2, 0.25) is 5.91 Å². The molecule has 5 nitrogen and oxygen atoms in total. The van der Waals surface area contributed by atoms with Crippen LogP contribution < -0.4 is 9.80 Å². The van der Waals surface area contributed by atoms with E-state index < -0.39 is 0 Å². The minimum absolute atomic E-state index is 0.279.